The normalized spacial score (nSPS) is 15.1. The van der Waals surface area contributed by atoms with Crippen molar-refractivity contribution in [2.24, 2.45) is 0 Å². The van der Waals surface area contributed by atoms with Crippen molar-refractivity contribution in [1.29, 1.82) is 0 Å². The summed E-state index contributed by atoms with van der Waals surface area (Å²) in [6.45, 7) is 5.34. The zero-order valence-corrected chi connectivity index (χ0v) is 17.8. The second-order valence-electron chi connectivity index (χ2n) is 8.05. The summed E-state index contributed by atoms with van der Waals surface area (Å²) >= 11 is 0. The van der Waals surface area contributed by atoms with Gasteiger partial charge in [0.1, 0.15) is 17.5 Å². The van der Waals surface area contributed by atoms with Crippen LogP contribution in [-0.4, -0.2) is 62.6 Å². The first-order chi connectivity index (χ1) is 14.6. The van der Waals surface area contributed by atoms with Crippen molar-refractivity contribution in [3.8, 4) is 11.8 Å². The van der Waals surface area contributed by atoms with Gasteiger partial charge in [-0.2, -0.15) is 13.8 Å². The number of hydrogen-bond acceptors (Lipinski definition) is 8. The quantitative estimate of drug-likeness (QED) is 0.700. The van der Waals surface area contributed by atoms with Crippen LogP contribution in [0.3, 0.4) is 0 Å². The fourth-order valence-corrected chi connectivity index (χ4v) is 2.90. The number of amides is 1. The minimum Gasteiger partial charge on any atom is -0.473 e. The molecule has 0 unspecified atom stereocenters. The van der Waals surface area contributed by atoms with E-state index in [2.05, 4.69) is 30.2 Å². The first-order valence-corrected chi connectivity index (χ1v) is 9.84. The summed E-state index contributed by atoms with van der Waals surface area (Å²) in [5.74, 6) is 0.763. The van der Waals surface area contributed by atoms with Crippen LogP contribution in [0, 0.1) is 6.92 Å². The number of nitrogens with zero attached hydrogens (tertiary/aromatic N) is 4. The van der Waals surface area contributed by atoms with Crippen LogP contribution < -0.4 is 14.8 Å². The summed E-state index contributed by atoms with van der Waals surface area (Å²) in [6.07, 6.45) is 2.30. The van der Waals surface area contributed by atoms with Gasteiger partial charge in [-0.3, -0.25) is 10.1 Å². The third-order valence-electron chi connectivity index (χ3n) is 4.31. The standard InChI is InChI=1S/C19H26F2N6O4/c1-11-16(29-12-5-7-27(8-6-12)18(28)31-19(2,3)4)24-14(10-22-11)23-13-9-15(26-25-13)30-17(20)21/h9-10,12,17H,5-8H2,1-4H3,(H2,23,24,25,26). The van der Waals surface area contributed by atoms with Crippen molar-refractivity contribution in [3.05, 3.63) is 18.0 Å². The van der Waals surface area contributed by atoms with Gasteiger partial charge in [0.05, 0.1) is 11.9 Å². The van der Waals surface area contributed by atoms with Crippen LogP contribution in [0.4, 0.5) is 25.2 Å². The summed E-state index contributed by atoms with van der Waals surface area (Å²) in [5, 5.41) is 9.03. The van der Waals surface area contributed by atoms with Crippen molar-refractivity contribution < 1.29 is 27.8 Å². The van der Waals surface area contributed by atoms with E-state index in [0.717, 1.165) is 0 Å². The minimum absolute atomic E-state index is 0.125. The number of aryl methyl sites for hydroxylation is 1. The van der Waals surface area contributed by atoms with Crippen LogP contribution in [-0.2, 0) is 4.74 Å². The molecule has 0 bridgehead atoms. The van der Waals surface area contributed by atoms with Crippen molar-refractivity contribution in [2.75, 3.05) is 18.4 Å². The van der Waals surface area contributed by atoms with E-state index in [1.807, 2.05) is 20.8 Å². The number of alkyl halides is 2. The topological polar surface area (TPSA) is 114 Å². The average molecular weight is 440 g/mol. The molecule has 1 saturated heterocycles. The van der Waals surface area contributed by atoms with Gasteiger partial charge in [-0.25, -0.2) is 4.79 Å². The summed E-state index contributed by atoms with van der Waals surface area (Å²) in [7, 11) is 0. The van der Waals surface area contributed by atoms with Gasteiger partial charge in [0.2, 0.25) is 11.8 Å². The van der Waals surface area contributed by atoms with Gasteiger partial charge in [0.15, 0.2) is 5.82 Å². The van der Waals surface area contributed by atoms with Gasteiger partial charge in [-0.05, 0) is 27.7 Å². The molecule has 0 aromatic carbocycles. The maximum atomic E-state index is 12.3. The van der Waals surface area contributed by atoms with Gasteiger partial charge in [0, 0.05) is 32.0 Å². The summed E-state index contributed by atoms with van der Waals surface area (Å²) < 4.78 is 40.1. The molecule has 0 radical (unpaired) electrons. The van der Waals surface area contributed by atoms with Crippen LogP contribution >= 0.6 is 0 Å². The van der Waals surface area contributed by atoms with Gasteiger partial charge in [-0.1, -0.05) is 0 Å². The minimum atomic E-state index is -2.96. The van der Waals surface area contributed by atoms with E-state index in [9.17, 15) is 13.6 Å². The lowest BCUT2D eigenvalue weighted by molar-refractivity contribution is -0.0528. The lowest BCUT2D eigenvalue weighted by atomic mass is 10.1. The Morgan fingerprint density at radius 2 is 2.03 bits per heavy atom. The predicted octanol–water partition coefficient (Wildman–Crippen LogP) is 3.63. The molecule has 0 spiro atoms. The number of nitrogens with one attached hydrogen (secondary N) is 2. The zero-order chi connectivity index (χ0) is 22.6. The van der Waals surface area contributed by atoms with Crippen LogP contribution in [0.1, 0.15) is 39.3 Å². The number of likely N-dealkylation sites (tertiary alicyclic amines) is 1. The molecule has 12 heteroatoms. The fourth-order valence-electron chi connectivity index (χ4n) is 2.90. The Morgan fingerprint density at radius 1 is 1.32 bits per heavy atom. The highest BCUT2D eigenvalue weighted by molar-refractivity contribution is 5.68. The second-order valence-corrected chi connectivity index (χ2v) is 8.05. The van der Waals surface area contributed by atoms with Crippen LogP contribution in [0.15, 0.2) is 12.3 Å². The number of aromatic amines is 1. The largest absolute Gasteiger partial charge is 0.473 e. The van der Waals surface area contributed by atoms with Crippen molar-refractivity contribution >= 4 is 17.7 Å². The Kier molecular flexibility index (Phi) is 6.76. The average Bonchev–Trinajstić information content (AvgIpc) is 3.09. The van der Waals surface area contributed by atoms with Gasteiger partial charge >= 0.3 is 12.7 Å². The number of hydrogen-bond donors (Lipinski definition) is 2. The van der Waals surface area contributed by atoms with Crippen LogP contribution in [0.2, 0.25) is 0 Å². The molecule has 170 valence electrons. The predicted molar refractivity (Wildman–Crippen MR) is 107 cm³/mol. The van der Waals surface area contributed by atoms with E-state index in [4.69, 9.17) is 9.47 Å². The molecular formula is C19H26F2N6O4. The lowest BCUT2D eigenvalue weighted by Crippen LogP contribution is -2.44. The number of piperidine rings is 1. The maximum Gasteiger partial charge on any atom is 0.410 e. The molecule has 2 N–H and O–H groups in total. The lowest BCUT2D eigenvalue weighted by Gasteiger charge is -2.33. The Labute approximate surface area is 178 Å². The SMILES string of the molecule is Cc1ncc(Nc2cc(OC(F)F)n[nH]2)nc1OC1CCN(C(=O)OC(C)(C)C)CC1. The van der Waals surface area contributed by atoms with E-state index >= 15 is 0 Å². The number of carbonyl (C=O) groups is 1. The molecule has 0 aliphatic carbocycles. The Bertz CT molecular complexity index is 894. The maximum absolute atomic E-state index is 12.3. The number of rotatable bonds is 6. The second kappa shape index (κ2) is 9.31. The summed E-state index contributed by atoms with van der Waals surface area (Å²) in [5.41, 5.74) is 0.0671. The molecule has 1 amide bonds. The number of anilines is 2. The number of H-pyrrole nitrogens is 1. The Hall–Kier alpha value is -3.18. The van der Waals surface area contributed by atoms with Crippen molar-refractivity contribution in [2.45, 2.75) is 58.9 Å². The highest BCUT2D eigenvalue weighted by atomic mass is 19.3. The third-order valence-corrected chi connectivity index (χ3v) is 4.31. The fraction of sp³-hybridized carbons (Fsp3) is 0.579. The molecule has 10 nitrogen and oxygen atoms in total. The van der Waals surface area contributed by atoms with E-state index in [1.165, 1.54) is 12.3 Å². The molecule has 1 aliphatic heterocycles. The summed E-state index contributed by atoms with van der Waals surface area (Å²) in [6, 6.07) is 1.28. The smallest absolute Gasteiger partial charge is 0.410 e. The number of halogens is 2. The summed E-state index contributed by atoms with van der Waals surface area (Å²) in [4.78, 5) is 22.5. The molecule has 0 saturated carbocycles. The molecule has 31 heavy (non-hydrogen) atoms. The molecule has 3 heterocycles. The van der Waals surface area contributed by atoms with Crippen molar-refractivity contribution in [3.63, 3.8) is 0 Å². The molecule has 2 aromatic heterocycles. The van der Waals surface area contributed by atoms with E-state index < -0.39 is 12.2 Å². The first-order valence-electron chi connectivity index (χ1n) is 9.84. The number of aromatic nitrogens is 4. The number of ether oxygens (including phenoxy) is 3. The van der Waals surface area contributed by atoms with E-state index in [0.29, 0.717) is 49.1 Å². The Balaban J connectivity index is 1.56. The molecule has 0 atom stereocenters. The number of carbonyl (C=O) groups excluding carboxylic acids is 1. The van der Waals surface area contributed by atoms with Crippen LogP contribution in [0.5, 0.6) is 11.8 Å². The monoisotopic (exact) mass is 440 g/mol. The highest BCUT2D eigenvalue weighted by Gasteiger charge is 2.28. The zero-order valence-electron chi connectivity index (χ0n) is 17.8. The van der Waals surface area contributed by atoms with Gasteiger partial charge < -0.3 is 24.4 Å². The van der Waals surface area contributed by atoms with Gasteiger partial charge in [0.25, 0.3) is 0 Å². The van der Waals surface area contributed by atoms with Crippen molar-refractivity contribution in [1.82, 2.24) is 25.1 Å². The molecule has 1 fully saturated rings. The van der Waals surface area contributed by atoms with E-state index in [-0.39, 0.29) is 18.1 Å². The van der Waals surface area contributed by atoms with Crippen LogP contribution in [0.25, 0.3) is 0 Å². The third kappa shape index (κ3) is 6.66. The highest BCUT2D eigenvalue weighted by Crippen LogP contribution is 2.24. The van der Waals surface area contributed by atoms with Gasteiger partial charge in [-0.15, -0.1) is 5.10 Å². The Morgan fingerprint density at radius 3 is 2.68 bits per heavy atom. The molecule has 3 rings (SSSR count). The van der Waals surface area contributed by atoms with E-state index in [1.54, 1.807) is 11.8 Å². The molecule has 1 aliphatic rings. The molecular weight excluding hydrogens is 414 g/mol. The first kappa shape index (κ1) is 22.5. The molecule has 2 aromatic rings.